The summed E-state index contributed by atoms with van der Waals surface area (Å²) in [7, 11) is 1.85. The second-order valence-electron chi connectivity index (χ2n) is 5.02. The summed E-state index contributed by atoms with van der Waals surface area (Å²) in [6, 6.07) is 12.8. The largest absolute Gasteiger partial charge is 0.360 e. The van der Waals surface area contributed by atoms with Crippen LogP contribution in [0.1, 0.15) is 5.56 Å². The molecule has 7 heteroatoms. The normalized spacial score (nSPS) is 10.5. The van der Waals surface area contributed by atoms with Crippen molar-refractivity contribution in [3.63, 3.8) is 0 Å². The molecule has 3 aromatic rings. The molecule has 0 bridgehead atoms. The summed E-state index contributed by atoms with van der Waals surface area (Å²) in [4.78, 5) is 14.6. The lowest BCUT2D eigenvalue weighted by Crippen LogP contribution is -2.04. The van der Waals surface area contributed by atoms with Gasteiger partial charge in [-0.1, -0.05) is 30.3 Å². The molecular weight excluding hydrogens is 294 g/mol. The van der Waals surface area contributed by atoms with E-state index < -0.39 is 4.92 Å². The molecule has 1 N–H and O–H groups in total. The SMILES string of the molecule is Cn1cc(CNc2ncccc2[N+](=O)[O-])c(-c2ccccc2)n1. The predicted octanol–water partition coefficient (Wildman–Crippen LogP) is 3.00. The lowest BCUT2D eigenvalue weighted by molar-refractivity contribution is -0.384. The van der Waals surface area contributed by atoms with Crippen molar-refractivity contribution in [2.75, 3.05) is 5.32 Å². The molecule has 0 aliphatic heterocycles. The Kier molecular flexibility index (Phi) is 4.01. The summed E-state index contributed by atoms with van der Waals surface area (Å²) < 4.78 is 1.73. The third kappa shape index (κ3) is 3.18. The van der Waals surface area contributed by atoms with Crippen molar-refractivity contribution in [1.82, 2.24) is 14.8 Å². The zero-order valence-electron chi connectivity index (χ0n) is 12.5. The molecule has 0 spiro atoms. The fourth-order valence-corrected chi connectivity index (χ4v) is 2.37. The Morgan fingerprint density at radius 2 is 2.00 bits per heavy atom. The van der Waals surface area contributed by atoms with Crippen molar-refractivity contribution in [2.45, 2.75) is 6.54 Å². The zero-order valence-corrected chi connectivity index (χ0v) is 12.5. The van der Waals surface area contributed by atoms with Crippen molar-refractivity contribution in [2.24, 2.45) is 7.05 Å². The number of rotatable bonds is 5. The lowest BCUT2D eigenvalue weighted by Gasteiger charge is -2.06. The molecule has 0 fully saturated rings. The number of benzene rings is 1. The van der Waals surface area contributed by atoms with Crippen LogP contribution in [0.25, 0.3) is 11.3 Å². The van der Waals surface area contributed by atoms with E-state index in [0.29, 0.717) is 6.54 Å². The first-order valence-electron chi connectivity index (χ1n) is 7.06. The minimum Gasteiger partial charge on any atom is -0.360 e. The van der Waals surface area contributed by atoms with E-state index >= 15 is 0 Å². The lowest BCUT2D eigenvalue weighted by atomic mass is 10.1. The molecule has 2 aromatic heterocycles. The van der Waals surface area contributed by atoms with Crippen molar-refractivity contribution in [3.8, 4) is 11.3 Å². The Hall–Kier alpha value is -3.22. The molecule has 23 heavy (non-hydrogen) atoms. The quantitative estimate of drug-likeness (QED) is 0.578. The molecule has 3 rings (SSSR count). The van der Waals surface area contributed by atoms with Gasteiger partial charge in [-0.2, -0.15) is 5.10 Å². The molecule has 0 aliphatic rings. The van der Waals surface area contributed by atoms with Crippen LogP contribution in [0.5, 0.6) is 0 Å². The summed E-state index contributed by atoms with van der Waals surface area (Å²) in [5.74, 6) is 0.250. The number of nitrogens with one attached hydrogen (secondary N) is 1. The first kappa shape index (κ1) is 14.7. The van der Waals surface area contributed by atoms with Crippen LogP contribution in [0.2, 0.25) is 0 Å². The summed E-state index contributed by atoms with van der Waals surface area (Å²) >= 11 is 0. The highest BCUT2D eigenvalue weighted by Crippen LogP contribution is 2.24. The van der Waals surface area contributed by atoms with Crippen LogP contribution < -0.4 is 5.32 Å². The van der Waals surface area contributed by atoms with Crippen LogP contribution in [0.15, 0.2) is 54.9 Å². The maximum Gasteiger partial charge on any atom is 0.311 e. The van der Waals surface area contributed by atoms with Crippen LogP contribution >= 0.6 is 0 Å². The third-order valence-electron chi connectivity index (χ3n) is 3.38. The zero-order chi connectivity index (χ0) is 16.2. The summed E-state index contributed by atoms with van der Waals surface area (Å²) in [5, 5.41) is 18.5. The van der Waals surface area contributed by atoms with Crippen molar-refractivity contribution in [1.29, 1.82) is 0 Å². The van der Waals surface area contributed by atoms with Crippen molar-refractivity contribution >= 4 is 11.5 Å². The van der Waals surface area contributed by atoms with Gasteiger partial charge in [-0.05, 0) is 6.07 Å². The van der Waals surface area contributed by atoms with E-state index in [2.05, 4.69) is 15.4 Å². The molecule has 0 atom stereocenters. The van der Waals surface area contributed by atoms with Gasteiger partial charge in [0, 0.05) is 43.2 Å². The third-order valence-corrected chi connectivity index (χ3v) is 3.38. The second-order valence-corrected chi connectivity index (χ2v) is 5.02. The molecule has 116 valence electrons. The van der Waals surface area contributed by atoms with E-state index in [4.69, 9.17) is 0 Å². The molecule has 0 aliphatic carbocycles. The molecule has 0 amide bonds. The van der Waals surface area contributed by atoms with Gasteiger partial charge in [-0.15, -0.1) is 0 Å². The molecule has 0 saturated carbocycles. The number of hydrogen-bond acceptors (Lipinski definition) is 5. The standard InChI is InChI=1S/C16H15N5O2/c1-20-11-13(15(19-20)12-6-3-2-4-7-12)10-18-16-14(21(22)23)8-5-9-17-16/h2-9,11H,10H2,1H3,(H,17,18). The predicted molar refractivity (Wildman–Crippen MR) is 86.9 cm³/mol. The maximum atomic E-state index is 11.0. The molecule has 2 heterocycles. The number of aryl methyl sites for hydroxylation is 1. The Labute approximate surface area is 132 Å². The van der Waals surface area contributed by atoms with Crippen molar-refractivity contribution < 1.29 is 4.92 Å². The number of aromatic nitrogens is 3. The van der Waals surface area contributed by atoms with Crippen molar-refractivity contribution in [3.05, 3.63) is 70.5 Å². The molecular formula is C16H15N5O2. The number of pyridine rings is 1. The summed E-state index contributed by atoms with van der Waals surface area (Å²) in [6.45, 7) is 0.399. The fraction of sp³-hybridized carbons (Fsp3) is 0.125. The van der Waals surface area contributed by atoms with Gasteiger partial charge >= 0.3 is 5.69 Å². The Morgan fingerprint density at radius 1 is 1.22 bits per heavy atom. The second kappa shape index (κ2) is 6.27. The van der Waals surface area contributed by atoms with Crippen LogP contribution in [-0.4, -0.2) is 19.7 Å². The van der Waals surface area contributed by atoms with Gasteiger partial charge in [0.15, 0.2) is 0 Å². The first-order valence-corrected chi connectivity index (χ1v) is 7.06. The highest BCUT2D eigenvalue weighted by molar-refractivity contribution is 5.63. The van der Waals surface area contributed by atoms with Gasteiger partial charge in [-0.25, -0.2) is 4.98 Å². The Morgan fingerprint density at radius 3 is 2.74 bits per heavy atom. The van der Waals surface area contributed by atoms with Crippen LogP contribution in [0.4, 0.5) is 11.5 Å². The van der Waals surface area contributed by atoms with E-state index in [0.717, 1.165) is 16.8 Å². The molecule has 0 radical (unpaired) electrons. The van der Waals surface area contributed by atoms with Crippen LogP contribution in [0.3, 0.4) is 0 Å². The van der Waals surface area contributed by atoms with E-state index in [1.165, 1.54) is 12.3 Å². The Bertz CT molecular complexity index is 829. The highest BCUT2D eigenvalue weighted by atomic mass is 16.6. The minimum absolute atomic E-state index is 0.0438. The average molecular weight is 309 g/mol. The molecule has 1 aromatic carbocycles. The highest BCUT2D eigenvalue weighted by Gasteiger charge is 2.15. The van der Waals surface area contributed by atoms with E-state index in [-0.39, 0.29) is 11.5 Å². The maximum absolute atomic E-state index is 11.0. The fourth-order valence-electron chi connectivity index (χ4n) is 2.37. The number of anilines is 1. The van der Waals surface area contributed by atoms with Gasteiger partial charge in [0.05, 0.1) is 10.6 Å². The van der Waals surface area contributed by atoms with Gasteiger partial charge in [0.1, 0.15) is 0 Å². The average Bonchev–Trinajstić information content (AvgIpc) is 2.95. The summed E-state index contributed by atoms with van der Waals surface area (Å²) in [6.07, 6.45) is 3.42. The van der Waals surface area contributed by atoms with E-state index in [9.17, 15) is 10.1 Å². The van der Waals surface area contributed by atoms with Crippen LogP contribution in [-0.2, 0) is 13.6 Å². The Balaban J connectivity index is 1.86. The summed E-state index contributed by atoms with van der Waals surface area (Å²) in [5.41, 5.74) is 2.75. The van der Waals surface area contributed by atoms with Gasteiger partial charge < -0.3 is 5.32 Å². The topological polar surface area (TPSA) is 85.9 Å². The molecule has 0 unspecified atom stereocenters. The van der Waals surface area contributed by atoms with E-state index in [1.807, 2.05) is 43.6 Å². The first-order chi connectivity index (χ1) is 11.1. The van der Waals surface area contributed by atoms with Gasteiger partial charge in [0.25, 0.3) is 0 Å². The number of nitrogens with zero attached hydrogens (tertiary/aromatic N) is 4. The number of nitro groups is 1. The molecule has 7 nitrogen and oxygen atoms in total. The molecule has 0 saturated heterocycles. The van der Waals surface area contributed by atoms with Gasteiger partial charge in [0.2, 0.25) is 5.82 Å². The number of hydrogen-bond donors (Lipinski definition) is 1. The van der Waals surface area contributed by atoms with E-state index in [1.54, 1.807) is 10.7 Å². The minimum atomic E-state index is -0.448. The monoisotopic (exact) mass is 309 g/mol. The van der Waals surface area contributed by atoms with Crippen LogP contribution in [0, 0.1) is 10.1 Å². The van der Waals surface area contributed by atoms with Gasteiger partial charge in [-0.3, -0.25) is 14.8 Å². The smallest absolute Gasteiger partial charge is 0.311 e.